The van der Waals surface area contributed by atoms with Crippen LogP contribution in [-0.2, 0) is 16.8 Å². The molecule has 8 rings (SSSR count). The quantitative estimate of drug-likeness (QED) is 0.206. The van der Waals surface area contributed by atoms with Crippen LogP contribution in [0.3, 0.4) is 0 Å². The highest BCUT2D eigenvalue weighted by Crippen LogP contribution is 2.55. The van der Waals surface area contributed by atoms with E-state index in [4.69, 9.17) is 46.7 Å². The first-order chi connectivity index (χ1) is 20.3. The van der Waals surface area contributed by atoms with Gasteiger partial charge in [-0.05, 0) is 69.6 Å². The average molecular weight is 611 g/mol. The number of carboxylic acid groups (broad SMARTS) is 1. The van der Waals surface area contributed by atoms with E-state index in [9.17, 15) is 9.90 Å². The lowest BCUT2D eigenvalue weighted by Crippen LogP contribution is -2.50. The summed E-state index contributed by atoms with van der Waals surface area (Å²) in [6.07, 6.45) is 10.4. The summed E-state index contributed by atoms with van der Waals surface area (Å²) < 4.78 is 23.3. The van der Waals surface area contributed by atoms with Gasteiger partial charge in [0.05, 0.1) is 29.4 Å². The Morgan fingerprint density at radius 1 is 1.05 bits per heavy atom. The summed E-state index contributed by atoms with van der Waals surface area (Å²) in [7, 11) is 1.44. The number of carboxylic acids is 1. The predicted molar refractivity (Wildman–Crippen MR) is 152 cm³/mol. The Balaban J connectivity index is 1.08. The number of hydrogen-bond acceptors (Lipinski definition) is 9. The molecule has 4 fully saturated rings. The minimum absolute atomic E-state index is 0.0412. The third kappa shape index (κ3) is 4.66. The van der Waals surface area contributed by atoms with Crippen LogP contribution in [0.2, 0.25) is 10.0 Å². The molecule has 0 saturated heterocycles. The van der Waals surface area contributed by atoms with Crippen LogP contribution in [0.4, 0.5) is 0 Å². The molecule has 0 atom stereocenters. The largest absolute Gasteiger partial charge is 0.496 e. The summed E-state index contributed by atoms with van der Waals surface area (Å²) in [5.74, 6) is 1.35. The second kappa shape index (κ2) is 10.4. The topological polar surface area (TPSA) is 134 Å². The number of hydrogen-bond donors (Lipinski definition) is 1. The first kappa shape index (κ1) is 27.4. The molecule has 0 radical (unpaired) electrons. The van der Waals surface area contributed by atoms with Gasteiger partial charge in [0.25, 0.3) is 5.89 Å². The van der Waals surface area contributed by atoms with E-state index in [-0.39, 0.29) is 22.3 Å². The van der Waals surface area contributed by atoms with E-state index < -0.39 is 5.97 Å². The van der Waals surface area contributed by atoms with Gasteiger partial charge < -0.3 is 23.6 Å². The van der Waals surface area contributed by atoms with Crippen molar-refractivity contribution in [3.8, 4) is 28.5 Å². The zero-order chi connectivity index (χ0) is 29.1. The lowest BCUT2D eigenvalue weighted by atomic mass is 9.58. The second-order valence-corrected chi connectivity index (χ2v) is 12.3. The summed E-state index contributed by atoms with van der Waals surface area (Å²) in [6, 6.07) is 4.82. The van der Waals surface area contributed by atoms with Gasteiger partial charge in [-0.2, -0.15) is 4.98 Å². The molecule has 1 N–H and O–H groups in total. The molecule has 218 valence electrons. The van der Waals surface area contributed by atoms with Crippen molar-refractivity contribution >= 4 is 29.2 Å². The van der Waals surface area contributed by atoms with E-state index in [1.54, 1.807) is 24.5 Å². The maximum atomic E-state index is 11.7. The van der Waals surface area contributed by atoms with Gasteiger partial charge in [-0.3, -0.25) is 4.98 Å². The third-order valence-electron chi connectivity index (χ3n) is 9.13. The number of carbonyl (C=O) groups is 1. The number of benzene rings is 1. The Morgan fingerprint density at radius 2 is 1.76 bits per heavy atom. The number of rotatable bonds is 9. The number of ether oxygens (including phenoxy) is 2. The Labute approximate surface area is 251 Å². The molecule has 4 saturated carbocycles. The Hall–Kier alpha value is -3.47. The fourth-order valence-corrected chi connectivity index (χ4v) is 7.00. The maximum Gasteiger partial charge on any atom is 0.339 e. The molecular weight excluding hydrogens is 583 g/mol. The number of pyridine rings is 1. The summed E-state index contributed by atoms with van der Waals surface area (Å²) in [5.41, 5.74) is 2.27. The summed E-state index contributed by atoms with van der Waals surface area (Å²) >= 11 is 13.0. The van der Waals surface area contributed by atoms with Gasteiger partial charge in [0, 0.05) is 40.4 Å². The van der Waals surface area contributed by atoms with E-state index in [2.05, 4.69) is 15.3 Å². The number of halogens is 2. The van der Waals surface area contributed by atoms with Gasteiger partial charge >= 0.3 is 5.97 Å². The van der Waals surface area contributed by atoms with E-state index in [1.807, 2.05) is 0 Å². The van der Waals surface area contributed by atoms with Crippen LogP contribution in [0.5, 0.6) is 5.75 Å². The van der Waals surface area contributed by atoms with Gasteiger partial charge in [-0.15, -0.1) is 0 Å². The molecule has 12 heteroatoms. The van der Waals surface area contributed by atoms with E-state index in [0.717, 1.165) is 62.7 Å². The lowest BCUT2D eigenvalue weighted by Gasteiger charge is -2.51. The second-order valence-electron chi connectivity index (χ2n) is 11.5. The summed E-state index contributed by atoms with van der Waals surface area (Å²) in [5, 5.41) is 19.1. The molecule has 0 unspecified atom stereocenters. The van der Waals surface area contributed by atoms with Crippen molar-refractivity contribution < 1.29 is 28.4 Å². The van der Waals surface area contributed by atoms with Crippen molar-refractivity contribution in [3.05, 3.63) is 63.3 Å². The monoisotopic (exact) mass is 610 g/mol. The van der Waals surface area contributed by atoms with Crippen molar-refractivity contribution in [2.75, 3.05) is 7.11 Å². The highest BCUT2D eigenvalue weighted by Gasteiger charge is 2.52. The van der Waals surface area contributed by atoms with Gasteiger partial charge in [-0.25, -0.2) is 4.79 Å². The molecular formula is C30H28Cl2N4O6. The summed E-state index contributed by atoms with van der Waals surface area (Å²) in [4.78, 5) is 20.5. The summed E-state index contributed by atoms with van der Waals surface area (Å²) in [6.45, 7) is 0.363. The molecule has 42 heavy (non-hydrogen) atoms. The van der Waals surface area contributed by atoms with Crippen molar-refractivity contribution in [1.82, 2.24) is 20.3 Å². The Kier molecular flexibility index (Phi) is 6.75. The normalized spacial score (nSPS) is 23.3. The molecule has 0 aliphatic heterocycles. The first-order valence-corrected chi connectivity index (χ1v) is 14.7. The van der Waals surface area contributed by atoms with Gasteiger partial charge in [0.15, 0.2) is 5.82 Å². The van der Waals surface area contributed by atoms with Crippen LogP contribution < -0.4 is 4.74 Å². The van der Waals surface area contributed by atoms with Crippen LogP contribution in [0.25, 0.3) is 22.7 Å². The fourth-order valence-electron chi connectivity index (χ4n) is 6.45. The number of aromatic nitrogens is 4. The van der Waals surface area contributed by atoms with Gasteiger partial charge in [0.1, 0.15) is 22.8 Å². The smallest absolute Gasteiger partial charge is 0.339 e. The minimum atomic E-state index is -1.09. The molecule has 1 aromatic carbocycles. The molecule has 3 aromatic heterocycles. The standard InChI is InChI=1S/C30H28Cl2N4O6/c1-39-22-5-4-17(12-18(22)27(37)38)26-34-28(36-42-26)29-6-9-30(10-7-29,11-8-29)40-15-19-24(35-41-25(19)16-2-3-16)23-20(31)13-33-14-21(23)32/h4-5,12-14,16H,2-3,6-11,15H2,1H3,(H,37,38). The molecule has 4 aromatic rings. The van der Waals surface area contributed by atoms with E-state index >= 15 is 0 Å². The average Bonchev–Trinajstić information content (AvgIpc) is 3.56. The molecule has 4 aliphatic rings. The van der Waals surface area contributed by atoms with Crippen molar-refractivity contribution in [2.45, 2.75) is 74.9 Å². The minimum Gasteiger partial charge on any atom is -0.496 e. The van der Waals surface area contributed by atoms with Crippen LogP contribution in [0, 0.1) is 0 Å². The van der Waals surface area contributed by atoms with Crippen LogP contribution >= 0.6 is 23.2 Å². The third-order valence-corrected chi connectivity index (χ3v) is 9.71. The molecule has 10 nitrogen and oxygen atoms in total. The molecule has 3 heterocycles. The molecule has 2 bridgehead atoms. The van der Waals surface area contributed by atoms with Crippen molar-refractivity contribution in [3.63, 3.8) is 0 Å². The van der Waals surface area contributed by atoms with Crippen molar-refractivity contribution in [2.24, 2.45) is 0 Å². The number of aromatic carboxylic acids is 1. The van der Waals surface area contributed by atoms with Crippen LogP contribution in [0.15, 0.2) is 39.6 Å². The highest BCUT2D eigenvalue weighted by atomic mass is 35.5. The fraction of sp³-hybridized carbons (Fsp3) is 0.433. The molecule has 0 spiro atoms. The zero-order valence-electron chi connectivity index (χ0n) is 22.9. The number of nitrogens with zero attached hydrogens (tertiary/aromatic N) is 4. The van der Waals surface area contributed by atoms with Crippen LogP contribution in [0.1, 0.15) is 84.8 Å². The van der Waals surface area contributed by atoms with Crippen molar-refractivity contribution in [1.29, 1.82) is 0 Å². The Bertz CT molecular complexity index is 1640. The molecule has 4 aliphatic carbocycles. The molecule has 0 amide bonds. The number of fused-ring (bicyclic) bond motifs is 3. The van der Waals surface area contributed by atoms with Gasteiger partial charge in [-0.1, -0.05) is 33.5 Å². The predicted octanol–water partition coefficient (Wildman–Crippen LogP) is 7.24. The van der Waals surface area contributed by atoms with Gasteiger partial charge in [0.2, 0.25) is 0 Å². The van der Waals surface area contributed by atoms with Crippen LogP contribution in [-0.4, -0.2) is 44.1 Å². The lowest BCUT2D eigenvalue weighted by molar-refractivity contribution is -0.128. The Morgan fingerprint density at radius 3 is 2.40 bits per heavy atom. The SMILES string of the molecule is COc1ccc(-c2nc(C34CCC(OCc5c(-c6c(Cl)cncc6Cl)noc5C5CC5)(CC3)CC4)no2)cc1C(=O)O. The number of methoxy groups -OCH3 is 1. The maximum absolute atomic E-state index is 11.7. The zero-order valence-corrected chi connectivity index (χ0v) is 24.4. The first-order valence-electron chi connectivity index (χ1n) is 14.0. The highest BCUT2D eigenvalue weighted by molar-refractivity contribution is 6.38. The van der Waals surface area contributed by atoms with E-state index in [0.29, 0.717) is 51.1 Å². The van der Waals surface area contributed by atoms with E-state index in [1.165, 1.54) is 13.2 Å².